The van der Waals surface area contributed by atoms with Crippen molar-refractivity contribution >= 4 is 25.9 Å². The highest BCUT2D eigenvalue weighted by molar-refractivity contribution is 6.93. The minimum atomic E-state index is -2.36. The summed E-state index contributed by atoms with van der Waals surface area (Å²) in [6, 6.07) is 9.91. The lowest BCUT2D eigenvalue weighted by Gasteiger charge is -2.48. The monoisotopic (exact) mass is 581 g/mol. The van der Waals surface area contributed by atoms with E-state index in [1.54, 1.807) is 4.90 Å². The van der Waals surface area contributed by atoms with Crippen molar-refractivity contribution in [2.45, 2.75) is 128 Å². The summed E-state index contributed by atoms with van der Waals surface area (Å²) < 4.78 is 11.8. The summed E-state index contributed by atoms with van der Waals surface area (Å²) in [7, 11) is -2.36. The lowest BCUT2D eigenvalue weighted by molar-refractivity contribution is -0.142. The average molecular weight is 582 g/mol. The third-order valence-electron chi connectivity index (χ3n) is 10.7. The molecular formula is C34H51NO5Si. The van der Waals surface area contributed by atoms with E-state index in [9.17, 15) is 14.4 Å². The second-order valence-electron chi connectivity index (χ2n) is 14.0. The van der Waals surface area contributed by atoms with E-state index in [0.29, 0.717) is 29.7 Å². The van der Waals surface area contributed by atoms with Gasteiger partial charge in [-0.1, -0.05) is 92.1 Å². The quantitative estimate of drug-likeness (QED) is 0.230. The van der Waals surface area contributed by atoms with Gasteiger partial charge in [-0.2, -0.15) is 0 Å². The highest BCUT2D eigenvalue weighted by atomic mass is 28.3. The van der Waals surface area contributed by atoms with E-state index in [4.69, 9.17) is 9.47 Å². The molecule has 1 aromatic carbocycles. The lowest BCUT2D eigenvalue weighted by atomic mass is 9.66. The molecule has 41 heavy (non-hydrogen) atoms. The molecule has 1 amide bonds. The fraction of sp³-hybridized carbons (Fsp3) is 0.676. The average Bonchev–Trinajstić information content (AvgIpc) is 3.35. The molecule has 0 bridgehead atoms. The van der Waals surface area contributed by atoms with Gasteiger partial charge >= 0.3 is 12.1 Å². The van der Waals surface area contributed by atoms with Crippen molar-refractivity contribution in [3.63, 3.8) is 0 Å². The number of amides is 1. The summed E-state index contributed by atoms with van der Waals surface area (Å²) in [5.74, 6) is -0.580. The van der Waals surface area contributed by atoms with Crippen molar-refractivity contribution < 1.29 is 23.9 Å². The number of Topliss-reactive ketones (excluding diaryl/α,β-unsaturated/α-hetero) is 1. The number of ether oxygens (including phenoxy) is 2. The number of benzene rings is 1. The molecule has 2 aliphatic heterocycles. The summed E-state index contributed by atoms with van der Waals surface area (Å²) in [5.41, 5.74) is 2.02. The van der Waals surface area contributed by atoms with Crippen molar-refractivity contribution in [2.75, 3.05) is 6.61 Å². The van der Waals surface area contributed by atoms with Crippen LogP contribution in [0.25, 0.3) is 0 Å². The van der Waals surface area contributed by atoms with E-state index in [2.05, 4.69) is 79.7 Å². The van der Waals surface area contributed by atoms with E-state index in [1.165, 1.54) is 5.56 Å². The molecule has 0 N–H and O–H groups in total. The van der Waals surface area contributed by atoms with Crippen LogP contribution in [-0.2, 0) is 24.5 Å². The van der Waals surface area contributed by atoms with Gasteiger partial charge in [-0.05, 0) is 58.5 Å². The lowest BCUT2D eigenvalue weighted by Crippen LogP contribution is -2.55. The summed E-state index contributed by atoms with van der Waals surface area (Å²) >= 11 is 0. The molecule has 3 aliphatic rings. The number of esters is 1. The predicted molar refractivity (Wildman–Crippen MR) is 165 cm³/mol. The Morgan fingerprint density at radius 2 is 1.56 bits per heavy atom. The van der Waals surface area contributed by atoms with Crippen molar-refractivity contribution in [1.82, 2.24) is 4.90 Å². The van der Waals surface area contributed by atoms with Gasteiger partial charge < -0.3 is 9.47 Å². The van der Waals surface area contributed by atoms with Crippen LogP contribution in [0.1, 0.15) is 99.5 Å². The maximum atomic E-state index is 14.2. The molecule has 7 heteroatoms. The Balaban J connectivity index is 1.73. The zero-order valence-corrected chi connectivity index (χ0v) is 27.4. The number of carbonyl (C=O) groups excluding carboxylic acids is 3. The molecule has 226 valence electrons. The van der Waals surface area contributed by atoms with Gasteiger partial charge in [0.2, 0.25) is 0 Å². The first-order valence-electron chi connectivity index (χ1n) is 15.8. The third kappa shape index (κ3) is 5.80. The molecule has 2 fully saturated rings. The van der Waals surface area contributed by atoms with E-state index in [1.807, 2.05) is 12.3 Å². The Hall–Kier alpha value is -2.41. The highest BCUT2D eigenvalue weighted by Crippen LogP contribution is 2.49. The molecular weight excluding hydrogens is 530 g/mol. The van der Waals surface area contributed by atoms with Crippen LogP contribution in [0.15, 0.2) is 41.7 Å². The van der Waals surface area contributed by atoms with Gasteiger partial charge in [0.15, 0.2) is 5.78 Å². The molecule has 0 spiro atoms. The number of hydrogen-bond donors (Lipinski definition) is 0. The normalized spacial score (nSPS) is 26.0. The van der Waals surface area contributed by atoms with Crippen LogP contribution in [0.3, 0.4) is 0 Å². The fourth-order valence-corrected chi connectivity index (χ4v) is 15.5. The molecule has 0 aromatic heterocycles. The van der Waals surface area contributed by atoms with Gasteiger partial charge in [0.25, 0.3) is 0 Å². The SMILES string of the molecule is CC(C)[Si](C1=CN(C(=O)O[C@@H]2CCCC[C@H]2C(C)(C)c2ccccc2)[C@H]([C@@H]2CCOC2=O)CC1=O)(C(C)C)C(C)C. The zero-order valence-electron chi connectivity index (χ0n) is 26.4. The zero-order chi connectivity index (χ0) is 30.1. The van der Waals surface area contributed by atoms with Crippen LogP contribution >= 0.6 is 0 Å². The fourth-order valence-electron chi connectivity index (χ4n) is 8.71. The number of allylic oxidation sites excluding steroid dienone is 1. The van der Waals surface area contributed by atoms with Crippen LogP contribution in [0.4, 0.5) is 4.79 Å². The Morgan fingerprint density at radius 1 is 0.951 bits per heavy atom. The van der Waals surface area contributed by atoms with Gasteiger partial charge in [-0.15, -0.1) is 0 Å². The summed E-state index contributed by atoms with van der Waals surface area (Å²) in [6.07, 6.45) is 5.75. The van der Waals surface area contributed by atoms with Crippen LogP contribution < -0.4 is 0 Å². The first-order chi connectivity index (χ1) is 19.3. The van der Waals surface area contributed by atoms with Crippen molar-refractivity contribution in [1.29, 1.82) is 0 Å². The number of carbonyl (C=O) groups is 3. The molecule has 1 saturated heterocycles. The highest BCUT2D eigenvalue weighted by Gasteiger charge is 2.53. The molecule has 6 nitrogen and oxygen atoms in total. The topological polar surface area (TPSA) is 72.9 Å². The smallest absolute Gasteiger partial charge is 0.414 e. The molecule has 4 atom stereocenters. The molecule has 0 radical (unpaired) electrons. The van der Waals surface area contributed by atoms with Crippen molar-refractivity contribution in [2.24, 2.45) is 11.8 Å². The molecule has 1 aliphatic carbocycles. The van der Waals surface area contributed by atoms with Crippen molar-refractivity contribution in [3.8, 4) is 0 Å². The van der Waals surface area contributed by atoms with Crippen LogP contribution in [0.5, 0.6) is 0 Å². The molecule has 1 saturated carbocycles. The second kappa shape index (κ2) is 12.4. The third-order valence-corrected chi connectivity index (χ3v) is 17.8. The minimum Gasteiger partial charge on any atom is -0.465 e. The van der Waals surface area contributed by atoms with Crippen molar-refractivity contribution in [3.05, 3.63) is 47.3 Å². The Bertz CT molecular complexity index is 1120. The first kappa shape index (κ1) is 31.5. The van der Waals surface area contributed by atoms with Gasteiger partial charge in [0.05, 0.1) is 18.6 Å². The molecule has 1 aromatic rings. The molecule has 2 heterocycles. The van der Waals surface area contributed by atoms with Crippen LogP contribution in [-0.4, -0.2) is 49.6 Å². The van der Waals surface area contributed by atoms with Crippen LogP contribution in [0, 0.1) is 11.8 Å². The molecule has 4 rings (SSSR count). The Kier molecular flexibility index (Phi) is 9.57. The molecule has 0 unspecified atom stereocenters. The van der Waals surface area contributed by atoms with Gasteiger partial charge in [0, 0.05) is 18.5 Å². The predicted octanol–water partition coefficient (Wildman–Crippen LogP) is 7.97. The van der Waals surface area contributed by atoms with Gasteiger partial charge in [-0.3, -0.25) is 14.5 Å². The standard InChI is InChI=1S/C34H51NO5Si/c1-22(2)41(23(3)4,24(5)6)31-21-35(28(20-29(31)36)26-18-19-39-32(26)37)33(38)40-30-17-13-12-16-27(30)34(7,8)25-14-10-9-11-15-25/h9-11,14-15,21-24,26-28,30H,12-13,16-20H2,1-8H3/t26-,27+,28-,30+/m0/s1. The van der Waals surface area contributed by atoms with E-state index < -0.39 is 26.1 Å². The summed E-state index contributed by atoms with van der Waals surface area (Å²) in [4.78, 5) is 42.6. The van der Waals surface area contributed by atoms with E-state index in [0.717, 1.165) is 30.9 Å². The number of rotatable bonds is 8. The number of cyclic esters (lactones) is 1. The van der Waals surface area contributed by atoms with Gasteiger partial charge in [0.1, 0.15) is 14.2 Å². The Morgan fingerprint density at radius 3 is 2.12 bits per heavy atom. The number of hydrogen-bond acceptors (Lipinski definition) is 5. The van der Waals surface area contributed by atoms with E-state index >= 15 is 0 Å². The summed E-state index contributed by atoms with van der Waals surface area (Å²) in [5, 5.41) is 0.821. The van der Waals surface area contributed by atoms with Crippen LogP contribution in [0.2, 0.25) is 16.6 Å². The second-order valence-corrected chi connectivity index (χ2v) is 19.9. The maximum Gasteiger partial charge on any atom is 0.414 e. The number of ketones is 1. The van der Waals surface area contributed by atoms with Gasteiger partial charge in [-0.25, -0.2) is 4.79 Å². The number of nitrogens with zero attached hydrogens (tertiary/aromatic N) is 1. The van der Waals surface area contributed by atoms with E-state index in [-0.39, 0.29) is 35.6 Å². The largest absolute Gasteiger partial charge is 0.465 e. The summed E-state index contributed by atoms with van der Waals surface area (Å²) in [6.45, 7) is 18.2. The first-order valence-corrected chi connectivity index (χ1v) is 18.0. The maximum absolute atomic E-state index is 14.2. The minimum absolute atomic E-state index is 0.0854. The Labute approximate surface area is 248 Å².